The molecule has 1 N–H and O–H groups in total. The Kier molecular flexibility index (Phi) is 9.30. The van der Waals surface area contributed by atoms with Crippen molar-refractivity contribution in [2.75, 3.05) is 6.54 Å². The Bertz CT molecular complexity index is 918. The van der Waals surface area contributed by atoms with E-state index in [1.165, 1.54) is 4.90 Å². The third-order valence-electron chi connectivity index (χ3n) is 4.55. The first kappa shape index (κ1) is 24.8. The number of nitrogens with zero attached hydrogens (tertiary/aromatic N) is 1. The van der Waals surface area contributed by atoms with E-state index in [2.05, 4.69) is 5.32 Å². The van der Waals surface area contributed by atoms with E-state index in [1.807, 2.05) is 13.8 Å². The summed E-state index contributed by atoms with van der Waals surface area (Å²) in [5.41, 5.74) is 1.41. The first-order chi connectivity index (χ1) is 14.1. The lowest BCUT2D eigenvalue weighted by Gasteiger charge is -2.29. The van der Waals surface area contributed by atoms with Gasteiger partial charge in [-0.3, -0.25) is 9.59 Å². The zero-order chi connectivity index (χ0) is 22.4. The number of hydrogen-bond donors (Lipinski definition) is 1. The Morgan fingerprint density at radius 3 is 2.23 bits per heavy atom. The van der Waals surface area contributed by atoms with Crippen LogP contribution in [0.25, 0.3) is 0 Å². The highest BCUT2D eigenvalue weighted by molar-refractivity contribution is 6.42. The van der Waals surface area contributed by atoms with Crippen molar-refractivity contribution in [2.24, 2.45) is 5.92 Å². The number of nitrogens with one attached hydrogen (secondary N) is 1. The van der Waals surface area contributed by atoms with Gasteiger partial charge in [-0.1, -0.05) is 72.4 Å². The van der Waals surface area contributed by atoms with Gasteiger partial charge in [0.2, 0.25) is 11.8 Å². The highest BCUT2D eigenvalue weighted by Crippen LogP contribution is 2.25. The van der Waals surface area contributed by atoms with Crippen molar-refractivity contribution in [3.63, 3.8) is 0 Å². The van der Waals surface area contributed by atoms with Crippen molar-refractivity contribution in [3.8, 4) is 0 Å². The molecule has 8 heteroatoms. The van der Waals surface area contributed by atoms with Crippen molar-refractivity contribution in [1.82, 2.24) is 10.2 Å². The van der Waals surface area contributed by atoms with Gasteiger partial charge in [0, 0.05) is 23.1 Å². The SMILES string of the molecule is CC(C)CNC(=O)C(C)N(Cc1ccc(Cl)cc1Cl)C(=O)Cc1ccc(Cl)c(Cl)c1. The molecule has 0 bridgehead atoms. The number of halogens is 4. The summed E-state index contributed by atoms with van der Waals surface area (Å²) in [6, 6.07) is 9.42. The van der Waals surface area contributed by atoms with Gasteiger partial charge in [-0.2, -0.15) is 0 Å². The van der Waals surface area contributed by atoms with Crippen molar-refractivity contribution in [2.45, 2.75) is 39.8 Å². The van der Waals surface area contributed by atoms with E-state index in [0.717, 1.165) is 0 Å². The van der Waals surface area contributed by atoms with Crippen LogP contribution in [0, 0.1) is 5.92 Å². The van der Waals surface area contributed by atoms with Crippen molar-refractivity contribution in [1.29, 1.82) is 0 Å². The molecule has 0 heterocycles. The van der Waals surface area contributed by atoms with Gasteiger partial charge in [-0.25, -0.2) is 0 Å². The van der Waals surface area contributed by atoms with Crippen LogP contribution in [0.1, 0.15) is 31.9 Å². The Balaban J connectivity index is 2.27. The summed E-state index contributed by atoms with van der Waals surface area (Å²) in [5.74, 6) is -0.157. The Morgan fingerprint density at radius 1 is 0.933 bits per heavy atom. The maximum atomic E-state index is 13.2. The Hall–Kier alpha value is -1.46. The number of hydrogen-bond acceptors (Lipinski definition) is 2. The molecule has 0 radical (unpaired) electrons. The van der Waals surface area contributed by atoms with Crippen LogP contribution in [0.3, 0.4) is 0 Å². The minimum Gasteiger partial charge on any atom is -0.354 e. The molecule has 1 atom stereocenters. The minimum atomic E-state index is -0.689. The van der Waals surface area contributed by atoms with E-state index in [9.17, 15) is 9.59 Å². The van der Waals surface area contributed by atoms with Crippen LogP contribution in [0.5, 0.6) is 0 Å². The molecule has 4 nitrogen and oxygen atoms in total. The predicted octanol–water partition coefficient (Wildman–Crippen LogP) is 6.03. The van der Waals surface area contributed by atoms with Crippen LogP contribution < -0.4 is 5.32 Å². The first-order valence-corrected chi connectivity index (χ1v) is 11.0. The summed E-state index contributed by atoms with van der Waals surface area (Å²) in [6.45, 7) is 6.41. The molecule has 2 aromatic carbocycles. The molecule has 0 fully saturated rings. The third kappa shape index (κ3) is 7.05. The normalized spacial score (nSPS) is 12.0. The largest absolute Gasteiger partial charge is 0.354 e. The molecular weight excluding hydrogens is 466 g/mol. The second-order valence-electron chi connectivity index (χ2n) is 7.50. The number of carbonyl (C=O) groups excluding carboxylic acids is 2. The highest BCUT2D eigenvalue weighted by atomic mass is 35.5. The van der Waals surface area contributed by atoms with Crippen LogP contribution in [-0.4, -0.2) is 29.3 Å². The predicted molar refractivity (Wildman–Crippen MR) is 124 cm³/mol. The lowest BCUT2D eigenvalue weighted by atomic mass is 10.1. The monoisotopic (exact) mass is 488 g/mol. The van der Waals surface area contributed by atoms with Crippen molar-refractivity contribution < 1.29 is 9.59 Å². The fourth-order valence-corrected chi connectivity index (χ4v) is 3.58. The van der Waals surface area contributed by atoms with Crippen LogP contribution in [-0.2, 0) is 22.6 Å². The summed E-state index contributed by atoms with van der Waals surface area (Å²) >= 11 is 24.3. The first-order valence-electron chi connectivity index (χ1n) is 9.53. The number of benzene rings is 2. The second-order valence-corrected chi connectivity index (χ2v) is 9.16. The van der Waals surface area contributed by atoms with E-state index in [4.69, 9.17) is 46.4 Å². The summed E-state index contributed by atoms with van der Waals surface area (Å²) in [4.78, 5) is 27.4. The maximum Gasteiger partial charge on any atom is 0.242 e. The highest BCUT2D eigenvalue weighted by Gasteiger charge is 2.27. The molecular formula is C22H24Cl4N2O2. The average Bonchev–Trinajstić information content (AvgIpc) is 2.67. The van der Waals surface area contributed by atoms with E-state index in [1.54, 1.807) is 43.3 Å². The molecule has 0 spiro atoms. The lowest BCUT2D eigenvalue weighted by molar-refractivity contribution is -0.140. The van der Waals surface area contributed by atoms with E-state index >= 15 is 0 Å². The molecule has 30 heavy (non-hydrogen) atoms. The fraction of sp³-hybridized carbons (Fsp3) is 0.364. The summed E-state index contributed by atoms with van der Waals surface area (Å²) < 4.78 is 0. The van der Waals surface area contributed by atoms with Crippen molar-refractivity contribution in [3.05, 3.63) is 67.6 Å². The molecule has 1 unspecified atom stereocenters. The second kappa shape index (κ2) is 11.2. The maximum absolute atomic E-state index is 13.2. The molecule has 0 aromatic heterocycles. The van der Waals surface area contributed by atoms with Crippen molar-refractivity contribution >= 4 is 58.2 Å². The van der Waals surface area contributed by atoms with E-state index in [-0.39, 0.29) is 24.8 Å². The molecule has 0 aliphatic carbocycles. The van der Waals surface area contributed by atoms with Gasteiger partial charge in [0.05, 0.1) is 16.5 Å². The average molecular weight is 490 g/mol. The molecule has 0 aliphatic heterocycles. The molecule has 2 aromatic rings. The van der Waals surface area contributed by atoms with Gasteiger partial charge < -0.3 is 10.2 Å². The number of amides is 2. The van der Waals surface area contributed by atoms with Crippen LogP contribution in [0.15, 0.2) is 36.4 Å². The van der Waals surface area contributed by atoms with Gasteiger partial charge in [0.1, 0.15) is 6.04 Å². The Morgan fingerprint density at radius 2 is 1.63 bits per heavy atom. The third-order valence-corrected chi connectivity index (χ3v) is 5.87. The van der Waals surface area contributed by atoms with Gasteiger partial charge >= 0.3 is 0 Å². The lowest BCUT2D eigenvalue weighted by Crippen LogP contribution is -2.48. The molecule has 0 aliphatic rings. The number of carbonyl (C=O) groups is 2. The summed E-state index contributed by atoms with van der Waals surface area (Å²) in [7, 11) is 0. The zero-order valence-corrected chi connectivity index (χ0v) is 20.0. The minimum absolute atomic E-state index is 0.0733. The van der Waals surface area contributed by atoms with E-state index in [0.29, 0.717) is 43.7 Å². The Labute approximate surface area is 197 Å². The van der Waals surface area contributed by atoms with E-state index < -0.39 is 6.04 Å². The molecule has 2 rings (SSSR count). The smallest absolute Gasteiger partial charge is 0.242 e. The molecule has 2 amide bonds. The number of rotatable bonds is 8. The topological polar surface area (TPSA) is 49.4 Å². The fourth-order valence-electron chi connectivity index (χ4n) is 2.79. The van der Waals surface area contributed by atoms with Crippen LogP contribution >= 0.6 is 46.4 Å². The molecule has 0 saturated carbocycles. The quantitative estimate of drug-likeness (QED) is 0.491. The van der Waals surface area contributed by atoms with Gasteiger partial charge in [0.15, 0.2) is 0 Å². The van der Waals surface area contributed by atoms with Gasteiger partial charge in [-0.15, -0.1) is 0 Å². The summed E-state index contributed by atoms with van der Waals surface area (Å²) in [6.07, 6.45) is 0.0733. The summed E-state index contributed by atoms with van der Waals surface area (Å²) in [5, 5.41) is 4.60. The molecule has 0 saturated heterocycles. The van der Waals surface area contributed by atoms with Crippen LogP contribution in [0.4, 0.5) is 0 Å². The zero-order valence-electron chi connectivity index (χ0n) is 17.0. The van der Waals surface area contributed by atoms with Gasteiger partial charge in [-0.05, 0) is 48.2 Å². The standard InChI is InChI=1S/C22H24Cl4N2O2/c1-13(2)11-27-22(30)14(3)28(12-16-5-6-17(23)10-19(16)25)21(29)9-15-4-7-18(24)20(26)8-15/h4-8,10,13-14H,9,11-12H2,1-3H3,(H,27,30). The van der Waals surface area contributed by atoms with Gasteiger partial charge in [0.25, 0.3) is 0 Å². The molecule has 162 valence electrons. The van der Waals surface area contributed by atoms with Crippen LogP contribution in [0.2, 0.25) is 20.1 Å².